The van der Waals surface area contributed by atoms with Crippen molar-refractivity contribution in [2.45, 2.75) is 38.1 Å². The van der Waals surface area contributed by atoms with E-state index in [1.165, 1.54) is 12.5 Å². The molecule has 0 amide bonds. The lowest BCUT2D eigenvalue weighted by molar-refractivity contribution is 0.0697. The standard InChI is InChI=1S/C13H16ClNO2/c1-2-13(6-3-7-13)15-11-5-4-9(12(16)17)8-10(11)14/h4-5,8,15H,2-3,6-7H2,1H3,(H,16,17). The molecule has 0 spiro atoms. The monoisotopic (exact) mass is 253 g/mol. The fourth-order valence-corrected chi connectivity index (χ4v) is 2.43. The van der Waals surface area contributed by atoms with Crippen LogP contribution in [-0.2, 0) is 0 Å². The minimum atomic E-state index is -0.952. The maximum absolute atomic E-state index is 10.8. The molecule has 92 valence electrons. The van der Waals surface area contributed by atoms with Gasteiger partial charge in [-0.1, -0.05) is 18.5 Å². The molecule has 3 nitrogen and oxygen atoms in total. The Bertz CT molecular complexity index is 436. The molecule has 1 aromatic rings. The summed E-state index contributed by atoms with van der Waals surface area (Å²) in [6.45, 7) is 2.16. The highest BCUT2D eigenvalue weighted by Crippen LogP contribution is 2.39. The van der Waals surface area contributed by atoms with Crippen LogP contribution in [0.3, 0.4) is 0 Å². The van der Waals surface area contributed by atoms with Crippen molar-refractivity contribution in [2.75, 3.05) is 5.32 Å². The first kappa shape index (κ1) is 12.2. The van der Waals surface area contributed by atoms with Gasteiger partial charge in [-0.3, -0.25) is 0 Å². The summed E-state index contributed by atoms with van der Waals surface area (Å²) in [6.07, 6.45) is 4.61. The van der Waals surface area contributed by atoms with E-state index in [2.05, 4.69) is 12.2 Å². The van der Waals surface area contributed by atoms with Crippen LogP contribution in [0.5, 0.6) is 0 Å². The lowest BCUT2D eigenvalue weighted by Crippen LogP contribution is -2.44. The summed E-state index contributed by atoms with van der Waals surface area (Å²) in [4.78, 5) is 10.8. The number of nitrogens with one attached hydrogen (secondary N) is 1. The molecular weight excluding hydrogens is 238 g/mol. The van der Waals surface area contributed by atoms with Crippen LogP contribution in [0.15, 0.2) is 18.2 Å². The molecule has 1 aliphatic carbocycles. The number of rotatable bonds is 4. The van der Waals surface area contributed by atoms with Crippen LogP contribution in [0, 0.1) is 0 Å². The molecule has 2 N–H and O–H groups in total. The van der Waals surface area contributed by atoms with Crippen LogP contribution in [0.2, 0.25) is 5.02 Å². The number of hydrogen-bond donors (Lipinski definition) is 2. The Morgan fingerprint density at radius 1 is 1.53 bits per heavy atom. The average molecular weight is 254 g/mol. The number of benzene rings is 1. The van der Waals surface area contributed by atoms with E-state index in [1.54, 1.807) is 12.1 Å². The molecule has 0 aliphatic heterocycles. The van der Waals surface area contributed by atoms with Gasteiger partial charge in [-0.05, 0) is 43.9 Å². The minimum absolute atomic E-state index is 0.161. The predicted octanol–water partition coefficient (Wildman–Crippen LogP) is 3.78. The van der Waals surface area contributed by atoms with Crippen molar-refractivity contribution in [2.24, 2.45) is 0 Å². The maximum Gasteiger partial charge on any atom is 0.335 e. The lowest BCUT2D eigenvalue weighted by atomic mass is 9.74. The van der Waals surface area contributed by atoms with Gasteiger partial charge in [0.1, 0.15) is 0 Å². The molecule has 4 heteroatoms. The van der Waals surface area contributed by atoms with E-state index >= 15 is 0 Å². The fourth-order valence-electron chi connectivity index (χ4n) is 2.21. The molecule has 2 rings (SSSR count). The molecule has 0 aromatic heterocycles. The second-order valence-electron chi connectivity index (χ2n) is 4.61. The van der Waals surface area contributed by atoms with Crippen molar-refractivity contribution in [1.82, 2.24) is 0 Å². The third kappa shape index (κ3) is 2.39. The highest BCUT2D eigenvalue weighted by atomic mass is 35.5. The molecule has 1 aliphatic rings. The van der Waals surface area contributed by atoms with Crippen LogP contribution < -0.4 is 5.32 Å². The molecule has 17 heavy (non-hydrogen) atoms. The summed E-state index contributed by atoms with van der Waals surface area (Å²) < 4.78 is 0. The first-order valence-corrected chi connectivity index (χ1v) is 6.25. The lowest BCUT2D eigenvalue weighted by Gasteiger charge is -2.43. The summed E-state index contributed by atoms with van der Waals surface area (Å²) in [6, 6.07) is 4.83. The van der Waals surface area contributed by atoms with Crippen LogP contribution in [0.25, 0.3) is 0 Å². The largest absolute Gasteiger partial charge is 0.478 e. The van der Waals surface area contributed by atoms with Gasteiger partial charge in [-0.15, -0.1) is 0 Å². The highest BCUT2D eigenvalue weighted by Gasteiger charge is 2.35. The SMILES string of the molecule is CCC1(Nc2ccc(C(=O)O)cc2Cl)CCC1. The van der Waals surface area contributed by atoms with Crippen molar-refractivity contribution in [3.8, 4) is 0 Å². The van der Waals surface area contributed by atoms with Crippen molar-refractivity contribution in [3.63, 3.8) is 0 Å². The third-order valence-corrected chi connectivity index (χ3v) is 3.92. The second kappa shape index (κ2) is 4.57. The van der Waals surface area contributed by atoms with Gasteiger partial charge in [0.25, 0.3) is 0 Å². The molecule has 0 heterocycles. The zero-order valence-corrected chi connectivity index (χ0v) is 10.5. The smallest absolute Gasteiger partial charge is 0.335 e. The molecule has 0 unspecified atom stereocenters. The molecule has 1 fully saturated rings. The number of carboxylic acids is 1. The van der Waals surface area contributed by atoms with Crippen LogP contribution in [0.1, 0.15) is 43.0 Å². The molecule has 0 bridgehead atoms. The Labute approximate surface area is 106 Å². The van der Waals surface area contributed by atoms with Gasteiger partial charge in [-0.2, -0.15) is 0 Å². The van der Waals surface area contributed by atoms with Gasteiger partial charge in [0.15, 0.2) is 0 Å². The first-order chi connectivity index (χ1) is 8.06. The zero-order chi connectivity index (χ0) is 12.5. The van der Waals surface area contributed by atoms with E-state index in [0.29, 0.717) is 5.02 Å². The van der Waals surface area contributed by atoms with Gasteiger partial charge in [-0.25, -0.2) is 4.79 Å². The Kier molecular flexibility index (Phi) is 3.29. The topological polar surface area (TPSA) is 49.3 Å². The Morgan fingerprint density at radius 3 is 2.65 bits per heavy atom. The van der Waals surface area contributed by atoms with E-state index in [0.717, 1.165) is 24.9 Å². The summed E-state index contributed by atoms with van der Waals surface area (Å²) >= 11 is 6.09. The Hall–Kier alpha value is -1.22. The number of carboxylic acid groups (broad SMARTS) is 1. The van der Waals surface area contributed by atoms with E-state index in [4.69, 9.17) is 16.7 Å². The van der Waals surface area contributed by atoms with Crippen LogP contribution in [-0.4, -0.2) is 16.6 Å². The Morgan fingerprint density at radius 2 is 2.24 bits per heavy atom. The molecular formula is C13H16ClNO2. The third-order valence-electron chi connectivity index (χ3n) is 3.60. The van der Waals surface area contributed by atoms with Gasteiger partial charge in [0, 0.05) is 5.54 Å². The van der Waals surface area contributed by atoms with Gasteiger partial charge in [0.05, 0.1) is 16.3 Å². The normalized spacial score (nSPS) is 17.3. The molecule has 0 saturated heterocycles. The zero-order valence-electron chi connectivity index (χ0n) is 9.79. The van der Waals surface area contributed by atoms with E-state index in [-0.39, 0.29) is 11.1 Å². The van der Waals surface area contributed by atoms with Crippen LogP contribution in [0.4, 0.5) is 5.69 Å². The number of halogens is 1. The molecule has 0 radical (unpaired) electrons. The summed E-state index contributed by atoms with van der Waals surface area (Å²) in [5.74, 6) is -0.952. The van der Waals surface area contributed by atoms with Gasteiger partial charge < -0.3 is 10.4 Å². The highest BCUT2D eigenvalue weighted by molar-refractivity contribution is 6.33. The molecule has 1 saturated carbocycles. The number of carbonyl (C=O) groups is 1. The maximum atomic E-state index is 10.8. The fraction of sp³-hybridized carbons (Fsp3) is 0.462. The van der Waals surface area contributed by atoms with Gasteiger partial charge >= 0.3 is 5.97 Å². The van der Waals surface area contributed by atoms with Crippen molar-refractivity contribution >= 4 is 23.3 Å². The van der Waals surface area contributed by atoms with Gasteiger partial charge in [0.2, 0.25) is 0 Å². The number of hydrogen-bond acceptors (Lipinski definition) is 2. The quantitative estimate of drug-likeness (QED) is 0.859. The minimum Gasteiger partial charge on any atom is -0.478 e. The number of aromatic carboxylic acids is 1. The Balaban J connectivity index is 2.19. The summed E-state index contributed by atoms with van der Waals surface area (Å²) in [5.41, 5.74) is 1.21. The second-order valence-corrected chi connectivity index (χ2v) is 5.02. The average Bonchev–Trinajstić information content (AvgIpc) is 2.25. The van der Waals surface area contributed by atoms with Crippen molar-refractivity contribution in [3.05, 3.63) is 28.8 Å². The predicted molar refractivity (Wildman–Crippen MR) is 68.9 cm³/mol. The number of anilines is 1. The summed E-state index contributed by atoms with van der Waals surface area (Å²) in [5, 5.41) is 12.8. The van der Waals surface area contributed by atoms with E-state index in [1.807, 2.05) is 0 Å². The van der Waals surface area contributed by atoms with Crippen LogP contribution >= 0.6 is 11.6 Å². The molecule has 0 atom stereocenters. The van der Waals surface area contributed by atoms with E-state index < -0.39 is 5.97 Å². The van der Waals surface area contributed by atoms with Crippen molar-refractivity contribution in [1.29, 1.82) is 0 Å². The van der Waals surface area contributed by atoms with Crippen molar-refractivity contribution < 1.29 is 9.90 Å². The summed E-state index contributed by atoms with van der Waals surface area (Å²) in [7, 11) is 0. The first-order valence-electron chi connectivity index (χ1n) is 5.87. The molecule has 1 aromatic carbocycles. The van der Waals surface area contributed by atoms with E-state index in [9.17, 15) is 4.79 Å².